The Bertz CT molecular complexity index is 795. The van der Waals surface area contributed by atoms with Crippen molar-refractivity contribution in [3.63, 3.8) is 0 Å². The Morgan fingerprint density at radius 1 is 1.00 bits per heavy atom. The van der Waals surface area contributed by atoms with Crippen molar-refractivity contribution in [1.82, 2.24) is 5.32 Å². The average molecular weight is 386 g/mol. The molecule has 0 fully saturated rings. The van der Waals surface area contributed by atoms with Gasteiger partial charge in [-0.1, -0.05) is 30.3 Å². The number of urea groups is 1. The number of nitrogens with two attached hydrogens (primary N) is 2. The number of rotatable bonds is 9. The van der Waals surface area contributed by atoms with Gasteiger partial charge in [-0.3, -0.25) is 10.1 Å². The highest BCUT2D eigenvalue weighted by atomic mass is 16.5. The molecule has 3 amide bonds. The normalized spacial score (nSPS) is 12.7. The van der Waals surface area contributed by atoms with Crippen LogP contribution in [0.25, 0.3) is 0 Å². The third-order valence-electron chi connectivity index (χ3n) is 4.26. The third-order valence-corrected chi connectivity index (χ3v) is 4.26. The maximum absolute atomic E-state index is 12.5. The molecule has 7 heteroatoms. The summed E-state index contributed by atoms with van der Waals surface area (Å²) in [6.07, 6.45) is 0. The summed E-state index contributed by atoms with van der Waals surface area (Å²) in [5, 5.41) is 4.07. The van der Waals surface area contributed by atoms with Crippen molar-refractivity contribution >= 4 is 11.9 Å². The smallest absolute Gasteiger partial charge is 0.319 e. The first-order valence-electron chi connectivity index (χ1n) is 9.36. The lowest BCUT2D eigenvalue weighted by Gasteiger charge is -2.21. The molecular weight excluding hydrogens is 358 g/mol. The van der Waals surface area contributed by atoms with Crippen LogP contribution in [0.2, 0.25) is 0 Å². The van der Waals surface area contributed by atoms with Crippen LogP contribution in [0.4, 0.5) is 4.79 Å². The number of carbonyl (C=O) groups is 2. The van der Waals surface area contributed by atoms with Crippen LogP contribution in [-0.2, 0) is 4.79 Å². The van der Waals surface area contributed by atoms with Gasteiger partial charge in [0.25, 0.3) is 5.91 Å². The molecule has 0 heterocycles. The molecule has 0 saturated heterocycles. The average Bonchev–Trinajstić information content (AvgIpc) is 2.67. The Morgan fingerprint density at radius 2 is 1.64 bits per heavy atom. The lowest BCUT2D eigenvalue weighted by atomic mass is 10.0. The first kappa shape index (κ1) is 21.2. The molecule has 0 aliphatic heterocycles. The van der Waals surface area contributed by atoms with Crippen molar-refractivity contribution in [2.45, 2.75) is 32.9 Å². The predicted octanol–water partition coefficient (Wildman–Crippen LogP) is 2.04. The molecule has 7 nitrogen and oxygen atoms in total. The Kier molecular flexibility index (Phi) is 7.83. The molecule has 0 aliphatic carbocycles. The van der Waals surface area contributed by atoms with Crippen LogP contribution in [0, 0.1) is 0 Å². The van der Waals surface area contributed by atoms with E-state index >= 15 is 0 Å². The summed E-state index contributed by atoms with van der Waals surface area (Å²) in [5.41, 5.74) is 6.89. The van der Waals surface area contributed by atoms with Crippen molar-refractivity contribution in [1.29, 1.82) is 0 Å². The second-order valence-electron chi connectivity index (χ2n) is 6.30. The van der Waals surface area contributed by atoms with Gasteiger partial charge in [0, 0.05) is 11.1 Å². The monoisotopic (exact) mass is 386 g/mol. The van der Waals surface area contributed by atoms with E-state index < -0.39 is 18.0 Å². The Morgan fingerprint density at radius 3 is 2.25 bits per heavy atom. The summed E-state index contributed by atoms with van der Waals surface area (Å²) in [5.74, 6) is 0.896. The van der Waals surface area contributed by atoms with E-state index in [2.05, 4.69) is 5.32 Å². The van der Waals surface area contributed by atoms with Gasteiger partial charge in [0.15, 0.2) is 17.5 Å². The van der Waals surface area contributed by atoms with Crippen LogP contribution in [0.15, 0.2) is 48.5 Å². The van der Waals surface area contributed by atoms with E-state index in [1.165, 1.54) is 0 Å². The first-order chi connectivity index (χ1) is 13.5. The van der Waals surface area contributed by atoms with E-state index in [9.17, 15) is 9.59 Å². The van der Waals surface area contributed by atoms with E-state index in [1.54, 1.807) is 0 Å². The van der Waals surface area contributed by atoms with E-state index in [0.717, 1.165) is 11.1 Å². The summed E-state index contributed by atoms with van der Waals surface area (Å²) in [6, 6.07) is 13.4. The molecule has 0 unspecified atom stereocenters. The molecule has 28 heavy (non-hydrogen) atoms. The number of benzene rings is 2. The molecule has 0 spiro atoms. The van der Waals surface area contributed by atoms with E-state index in [-0.39, 0.29) is 6.04 Å². The van der Waals surface area contributed by atoms with Crippen molar-refractivity contribution in [3.8, 4) is 11.5 Å². The SMILES string of the molecule is CCOc1ccc([C@H](C)[NH2+][C@@H](C(=O)NC(N)=O)c2ccccc2)cc1OCC. The standard InChI is InChI=1S/C21H27N3O4/c1-4-27-17-12-11-16(13-18(17)28-5-2)14(3)23-19(20(25)24-21(22)26)15-9-7-6-8-10-15/h6-14,19,23H,4-5H2,1-3H3,(H3,22,24,25,26)/p+1/t14-,19+/m0/s1. The van der Waals surface area contributed by atoms with Crippen LogP contribution in [-0.4, -0.2) is 25.2 Å². The number of quaternary nitrogens is 1. The van der Waals surface area contributed by atoms with Gasteiger partial charge >= 0.3 is 6.03 Å². The van der Waals surface area contributed by atoms with Gasteiger partial charge in [-0.25, -0.2) is 4.79 Å². The summed E-state index contributed by atoms with van der Waals surface area (Å²) in [7, 11) is 0. The van der Waals surface area contributed by atoms with E-state index in [0.29, 0.717) is 24.7 Å². The zero-order valence-electron chi connectivity index (χ0n) is 16.5. The highest BCUT2D eigenvalue weighted by molar-refractivity contribution is 5.96. The highest BCUT2D eigenvalue weighted by Gasteiger charge is 2.28. The number of primary amides is 1. The third kappa shape index (κ3) is 5.72. The lowest BCUT2D eigenvalue weighted by molar-refractivity contribution is -0.719. The molecule has 2 aromatic rings. The van der Waals surface area contributed by atoms with E-state index in [1.807, 2.05) is 74.6 Å². The lowest BCUT2D eigenvalue weighted by Crippen LogP contribution is -2.88. The Labute approximate surface area is 165 Å². The molecule has 2 rings (SSSR count). The number of hydrogen-bond donors (Lipinski definition) is 3. The molecule has 2 aromatic carbocycles. The van der Waals surface area contributed by atoms with Crippen LogP contribution in [0.1, 0.15) is 44.0 Å². The largest absolute Gasteiger partial charge is 0.490 e. The summed E-state index contributed by atoms with van der Waals surface area (Å²) >= 11 is 0. The minimum absolute atomic E-state index is 0.0845. The maximum atomic E-state index is 12.5. The quantitative estimate of drug-likeness (QED) is 0.613. The summed E-state index contributed by atoms with van der Waals surface area (Å²) in [4.78, 5) is 23.7. The van der Waals surface area contributed by atoms with Gasteiger partial charge in [0.2, 0.25) is 0 Å². The van der Waals surface area contributed by atoms with Gasteiger partial charge in [-0.15, -0.1) is 0 Å². The van der Waals surface area contributed by atoms with Crippen molar-refractivity contribution < 1.29 is 24.4 Å². The molecule has 0 aromatic heterocycles. The van der Waals surface area contributed by atoms with Gasteiger partial charge in [0.05, 0.1) is 13.2 Å². The highest BCUT2D eigenvalue weighted by Crippen LogP contribution is 2.30. The van der Waals surface area contributed by atoms with Gasteiger partial charge in [0.1, 0.15) is 6.04 Å². The fourth-order valence-electron chi connectivity index (χ4n) is 2.96. The second-order valence-corrected chi connectivity index (χ2v) is 6.30. The number of nitrogens with one attached hydrogen (secondary N) is 1. The minimum atomic E-state index is -0.869. The molecular formula is C21H28N3O4+. The molecule has 5 N–H and O–H groups in total. The Balaban J connectivity index is 2.27. The summed E-state index contributed by atoms with van der Waals surface area (Å²) < 4.78 is 11.3. The molecule has 2 atom stereocenters. The number of carbonyl (C=O) groups excluding carboxylic acids is 2. The fourth-order valence-corrected chi connectivity index (χ4v) is 2.96. The predicted molar refractivity (Wildman–Crippen MR) is 106 cm³/mol. The molecule has 0 aliphatic rings. The van der Waals surface area contributed by atoms with Crippen molar-refractivity contribution in [3.05, 3.63) is 59.7 Å². The zero-order chi connectivity index (χ0) is 20.5. The number of amides is 3. The summed E-state index contributed by atoms with van der Waals surface area (Å²) in [6.45, 7) is 6.89. The second kappa shape index (κ2) is 10.3. The van der Waals surface area contributed by atoms with Crippen LogP contribution in [0.5, 0.6) is 11.5 Å². The van der Waals surface area contributed by atoms with E-state index in [4.69, 9.17) is 15.2 Å². The fraction of sp³-hybridized carbons (Fsp3) is 0.333. The van der Waals surface area contributed by atoms with Crippen LogP contribution < -0.4 is 25.8 Å². The van der Waals surface area contributed by atoms with Crippen molar-refractivity contribution in [2.24, 2.45) is 5.73 Å². The van der Waals surface area contributed by atoms with Crippen LogP contribution >= 0.6 is 0 Å². The maximum Gasteiger partial charge on any atom is 0.319 e. The number of hydrogen-bond acceptors (Lipinski definition) is 4. The first-order valence-corrected chi connectivity index (χ1v) is 9.36. The molecule has 0 saturated carbocycles. The van der Waals surface area contributed by atoms with Gasteiger partial charge in [-0.2, -0.15) is 0 Å². The molecule has 0 radical (unpaired) electrons. The minimum Gasteiger partial charge on any atom is -0.490 e. The number of imide groups is 1. The number of ether oxygens (including phenoxy) is 2. The van der Waals surface area contributed by atoms with Gasteiger partial charge < -0.3 is 20.5 Å². The van der Waals surface area contributed by atoms with Crippen molar-refractivity contribution in [2.75, 3.05) is 13.2 Å². The topological polar surface area (TPSA) is 107 Å². The molecule has 150 valence electrons. The van der Waals surface area contributed by atoms with Crippen LogP contribution in [0.3, 0.4) is 0 Å². The van der Waals surface area contributed by atoms with Gasteiger partial charge in [-0.05, 0) is 39.0 Å². The zero-order valence-corrected chi connectivity index (χ0v) is 16.5. The molecule has 0 bridgehead atoms. The Hall–Kier alpha value is -3.06.